The molecule has 1 aromatic heterocycles. The molecule has 14 heavy (non-hydrogen) atoms. The summed E-state index contributed by atoms with van der Waals surface area (Å²) in [5, 5.41) is 8.60. The van der Waals surface area contributed by atoms with Gasteiger partial charge in [-0.3, -0.25) is 9.69 Å². The molecular weight excluding hydrogens is 182 g/mol. The summed E-state index contributed by atoms with van der Waals surface area (Å²) in [6.07, 6.45) is 1.83. The zero-order chi connectivity index (χ0) is 10.6. The second-order valence-corrected chi connectivity index (χ2v) is 3.34. The standard InChI is InChI=1S/C9H15N3O2/c1-12(6-8(10)9(13)14)5-7-3-2-4-11-7/h2-4,8,11H,5-6,10H2,1H3,(H,13,14). The summed E-state index contributed by atoms with van der Waals surface area (Å²) in [5.41, 5.74) is 6.44. The van der Waals surface area contributed by atoms with Crippen LogP contribution in [0.15, 0.2) is 18.3 Å². The number of H-pyrrole nitrogens is 1. The van der Waals surface area contributed by atoms with Crippen molar-refractivity contribution in [2.45, 2.75) is 12.6 Å². The molecule has 0 aromatic carbocycles. The third-order valence-electron chi connectivity index (χ3n) is 1.93. The zero-order valence-corrected chi connectivity index (χ0v) is 8.10. The van der Waals surface area contributed by atoms with Gasteiger partial charge >= 0.3 is 5.97 Å². The van der Waals surface area contributed by atoms with Crippen molar-refractivity contribution < 1.29 is 9.90 Å². The van der Waals surface area contributed by atoms with Gasteiger partial charge in [0.15, 0.2) is 0 Å². The maximum Gasteiger partial charge on any atom is 0.321 e. The van der Waals surface area contributed by atoms with Crippen molar-refractivity contribution in [1.82, 2.24) is 9.88 Å². The SMILES string of the molecule is CN(Cc1ccc[nH]1)CC(N)C(=O)O. The predicted molar refractivity (Wildman–Crippen MR) is 52.7 cm³/mol. The number of carboxylic acid groups (broad SMARTS) is 1. The van der Waals surface area contributed by atoms with Crippen LogP contribution in [0.25, 0.3) is 0 Å². The van der Waals surface area contributed by atoms with Crippen LogP contribution in [-0.2, 0) is 11.3 Å². The predicted octanol–water partition coefficient (Wildman–Crippen LogP) is -0.142. The van der Waals surface area contributed by atoms with Crippen LogP contribution in [0.2, 0.25) is 0 Å². The van der Waals surface area contributed by atoms with Crippen LogP contribution in [0.5, 0.6) is 0 Å². The molecule has 1 rings (SSSR count). The average molecular weight is 197 g/mol. The van der Waals surface area contributed by atoms with E-state index in [1.807, 2.05) is 30.3 Å². The number of nitrogens with one attached hydrogen (secondary N) is 1. The van der Waals surface area contributed by atoms with Crippen molar-refractivity contribution >= 4 is 5.97 Å². The van der Waals surface area contributed by atoms with Crippen molar-refractivity contribution in [3.63, 3.8) is 0 Å². The number of carboxylic acids is 1. The Labute approximate surface area is 82.5 Å². The van der Waals surface area contributed by atoms with E-state index in [1.54, 1.807) is 0 Å². The quantitative estimate of drug-likeness (QED) is 0.613. The average Bonchev–Trinajstić information content (AvgIpc) is 2.56. The van der Waals surface area contributed by atoms with Crippen LogP contribution >= 0.6 is 0 Å². The van der Waals surface area contributed by atoms with Gasteiger partial charge < -0.3 is 15.8 Å². The minimum atomic E-state index is -0.969. The van der Waals surface area contributed by atoms with Crippen molar-refractivity contribution in [2.75, 3.05) is 13.6 Å². The minimum absolute atomic E-state index is 0.342. The first kappa shape index (κ1) is 10.7. The Morgan fingerprint density at radius 3 is 3.00 bits per heavy atom. The molecule has 5 heteroatoms. The molecule has 0 fully saturated rings. The van der Waals surface area contributed by atoms with Crippen molar-refractivity contribution in [3.05, 3.63) is 24.0 Å². The highest BCUT2D eigenvalue weighted by molar-refractivity contribution is 5.73. The lowest BCUT2D eigenvalue weighted by molar-refractivity contribution is -0.138. The molecule has 0 radical (unpaired) electrons. The van der Waals surface area contributed by atoms with Crippen molar-refractivity contribution in [2.24, 2.45) is 5.73 Å². The Morgan fingerprint density at radius 1 is 1.79 bits per heavy atom. The van der Waals surface area contributed by atoms with Crippen LogP contribution in [0.4, 0.5) is 0 Å². The molecule has 4 N–H and O–H groups in total. The van der Waals surface area contributed by atoms with E-state index in [2.05, 4.69) is 4.98 Å². The summed E-state index contributed by atoms with van der Waals surface area (Å²) in [6, 6.07) is 3.03. The van der Waals surface area contributed by atoms with Crippen LogP contribution in [-0.4, -0.2) is 40.6 Å². The minimum Gasteiger partial charge on any atom is -0.480 e. The van der Waals surface area contributed by atoms with Gasteiger partial charge in [0.25, 0.3) is 0 Å². The second-order valence-electron chi connectivity index (χ2n) is 3.34. The summed E-state index contributed by atoms with van der Waals surface area (Å²) < 4.78 is 0. The van der Waals surface area contributed by atoms with E-state index >= 15 is 0 Å². The van der Waals surface area contributed by atoms with Gasteiger partial charge in [-0.25, -0.2) is 0 Å². The van der Waals surface area contributed by atoms with E-state index in [0.717, 1.165) is 5.69 Å². The third-order valence-corrected chi connectivity index (χ3v) is 1.93. The number of hydrogen-bond acceptors (Lipinski definition) is 3. The molecule has 0 aliphatic rings. The molecule has 1 atom stereocenters. The van der Waals surface area contributed by atoms with E-state index in [4.69, 9.17) is 10.8 Å². The molecule has 0 spiro atoms. The fourth-order valence-electron chi connectivity index (χ4n) is 1.24. The van der Waals surface area contributed by atoms with Gasteiger partial charge in [0, 0.05) is 25.0 Å². The van der Waals surface area contributed by atoms with Gasteiger partial charge in [-0.1, -0.05) is 0 Å². The van der Waals surface area contributed by atoms with Crippen molar-refractivity contribution in [3.8, 4) is 0 Å². The molecule has 0 saturated heterocycles. The van der Waals surface area contributed by atoms with Crippen LogP contribution in [0, 0.1) is 0 Å². The maximum atomic E-state index is 10.5. The summed E-state index contributed by atoms with van der Waals surface area (Å²) >= 11 is 0. The first-order valence-electron chi connectivity index (χ1n) is 4.39. The Bertz CT molecular complexity index is 284. The molecule has 1 unspecified atom stereocenters. The Kier molecular flexibility index (Phi) is 3.67. The van der Waals surface area contributed by atoms with Gasteiger partial charge in [-0.05, 0) is 19.2 Å². The van der Waals surface area contributed by atoms with E-state index in [0.29, 0.717) is 13.1 Å². The lowest BCUT2D eigenvalue weighted by atomic mass is 10.3. The fraction of sp³-hybridized carbons (Fsp3) is 0.444. The van der Waals surface area contributed by atoms with Gasteiger partial charge in [0.2, 0.25) is 0 Å². The Hall–Kier alpha value is -1.33. The Balaban J connectivity index is 2.36. The monoisotopic (exact) mass is 197 g/mol. The lowest BCUT2D eigenvalue weighted by Gasteiger charge is -2.17. The molecule has 78 valence electrons. The highest BCUT2D eigenvalue weighted by atomic mass is 16.4. The molecule has 0 amide bonds. The number of aliphatic carboxylic acids is 1. The van der Waals surface area contributed by atoms with Gasteiger partial charge in [-0.2, -0.15) is 0 Å². The highest BCUT2D eigenvalue weighted by Gasteiger charge is 2.13. The molecule has 0 saturated carbocycles. The van der Waals surface area contributed by atoms with Gasteiger partial charge in [-0.15, -0.1) is 0 Å². The summed E-state index contributed by atoms with van der Waals surface area (Å²) in [6.45, 7) is 1.02. The normalized spacial score (nSPS) is 13.1. The number of nitrogens with two attached hydrogens (primary N) is 1. The molecule has 0 aliphatic heterocycles. The first-order valence-corrected chi connectivity index (χ1v) is 4.39. The smallest absolute Gasteiger partial charge is 0.321 e. The lowest BCUT2D eigenvalue weighted by Crippen LogP contribution is -2.40. The number of nitrogens with zero attached hydrogens (tertiary/aromatic N) is 1. The summed E-state index contributed by atoms with van der Waals surface area (Å²) in [7, 11) is 1.84. The number of hydrogen-bond donors (Lipinski definition) is 3. The number of aromatic nitrogens is 1. The second kappa shape index (κ2) is 4.78. The number of likely N-dealkylation sites (N-methyl/N-ethyl adjacent to an activating group) is 1. The first-order chi connectivity index (χ1) is 6.59. The molecule has 0 bridgehead atoms. The summed E-state index contributed by atoms with van der Waals surface area (Å²) in [5.74, 6) is -0.969. The van der Waals surface area contributed by atoms with Crippen LogP contribution in [0.1, 0.15) is 5.69 Å². The van der Waals surface area contributed by atoms with Crippen LogP contribution < -0.4 is 5.73 Å². The third kappa shape index (κ3) is 3.20. The topological polar surface area (TPSA) is 82.3 Å². The molecule has 1 aromatic rings. The highest BCUT2D eigenvalue weighted by Crippen LogP contribution is 1.99. The van der Waals surface area contributed by atoms with Crippen LogP contribution in [0.3, 0.4) is 0 Å². The van der Waals surface area contributed by atoms with Gasteiger partial charge in [0.1, 0.15) is 6.04 Å². The van der Waals surface area contributed by atoms with E-state index < -0.39 is 12.0 Å². The van der Waals surface area contributed by atoms with E-state index in [9.17, 15) is 4.79 Å². The largest absolute Gasteiger partial charge is 0.480 e. The van der Waals surface area contributed by atoms with E-state index in [-0.39, 0.29) is 0 Å². The Morgan fingerprint density at radius 2 is 2.50 bits per heavy atom. The molecule has 0 aliphatic carbocycles. The fourth-order valence-corrected chi connectivity index (χ4v) is 1.24. The van der Waals surface area contributed by atoms with Gasteiger partial charge in [0.05, 0.1) is 0 Å². The van der Waals surface area contributed by atoms with E-state index in [1.165, 1.54) is 0 Å². The summed E-state index contributed by atoms with van der Waals surface area (Å²) in [4.78, 5) is 15.4. The zero-order valence-electron chi connectivity index (χ0n) is 8.10. The number of rotatable bonds is 5. The molecule has 5 nitrogen and oxygen atoms in total. The number of aromatic amines is 1. The number of carbonyl (C=O) groups is 1. The molecule has 1 heterocycles. The molecular formula is C9H15N3O2. The van der Waals surface area contributed by atoms with Crippen molar-refractivity contribution in [1.29, 1.82) is 0 Å². The maximum absolute atomic E-state index is 10.5.